The van der Waals surface area contributed by atoms with Crippen LogP contribution in [-0.2, 0) is 4.79 Å². The van der Waals surface area contributed by atoms with Crippen LogP contribution >= 0.6 is 0 Å². The Hall–Kier alpha value is -3.19. The van der Waals surface area contributed by atoms with E-state index in [1.807, 2.05) is 19.1 Å². The van der Waals surface area contributed by atoms with E-state index in [2.05, 4.69) is 28.1 Å². The number of nitrogens with one attached hydrogen (secondary N) is 1. The molecule has 0 saturated carbocycles. The van der Waals surface area contributed by atoms with Gasteiger partial charge in [-0.05, 0) is 49.4 Å². The number of piperazine rings is 1. The third-order valence-corrected chi connectivity index (χ3v) is 5.20. The number of hydrogen-bond donors (Lipinski definition) is 1. The summed E-state index contributed by atoms with van der Waals surface area (Å²) in [5.74, 6) is -0.324. The van der Waals surface area contributed by atoms with Crippen LogP contribution in [0.2, 0.25) is 0 Å². The number of nitro benzene ring substituents is 1. The Kier molecular flexibility index (Phi) is 6.61. The van der Waals surface area contributed by atoms with Crippen molar-refractivity contribution < 1.29 is 9.72 Å². The number of nitrogens with zero attached hydrogens (tertiary/aromatic N) is 3. The molecule has 2 aromatic rings. The molecule has 2 aromatic carbocycles. The molecule has 1 N–H and O–H groups in total. The molecule has 152 valence electrons. The molecule has 1 heterocycles. The third-order valence-electron chi connectivity index (χ3n) is 5.20. The van der Waals surface area contributed by atoms with E-state index in [9.17, 15) is 14.9 Å². The summed E-state index contributed by atoms with van der Waals surface area (Å²) in [7, 11) is 0. The smallest absolute Gasteiger partial charge is 0.276 e. The zero-order valence-electron chi connectivity index (χ0n) is 16.8. The second-order valence-corrected chi connectivity index (χ2v) is 7.06. The first-order valence-corrected chi connectivity index (χ1v) is 9.78. The first-order valence-electron chi connectivity index (χ1n) is 9.78. The van der Waals surface area contributed by atoms with Crippen LogP contribution in [0, 0.1) is 17.0 Å². The van der Waals surface area contributed by atoms with E-state index in [1.54, 1.807) is 18.2 Å². The number of aryl methyl sites for hydroxylation is 1. The summed E-state index contributed by atoms with van der Waals surface area (Å²) in [6.45, 7) is 9.34. The molecule has 0 aliphatic carbocycles. The standard InChI is InChI=1S/C22H26N4O3/c1-3-24-12-14-25(15-13-24)19-9-10-20(17(2)16-19)23-22(27)11-8-18-6-4-5-7-21(18)26(28)29/h4-11,16H,3,12-15H2,1-2H3,(H,23,27)/b11-8+. The van der Waals surface area contributed by atoms with Gasteiger partial charge in [-0.1, -0.05) is 19.1 Å². The molecule has 7 nitrogen and oxygen atoms in total. The monoisotopic (exact) mass is 394 g/mol. The Balaban J connectivity index is 1.65. The number of nitro groups is 1. The number of rotatable bonds is 6. The average Bonchev–Trinajstić information content (AvgIpc) is 2.74. The molecule has 7 heteroatoms. The van der Waals surface area contributed by atoms with E-state index >= 15 is 0 Å². The van der Waals surface area contributed by atoms with Crippen molar-refractivity contribution in [2.24, 2.45) is 0 Å². The highest BCUT2D eigenvalue weighted by atomic mass is 16.6. The van der Waals surface area contributed by atoms with Crippen molar-refractivity contribution >= 4 is 29.0 Å². The van der Waals surface area contributed by atoms with Gasteiger partial charge in [-0.3, -0.25) is 14.9 Å². The van der Waals surface area contributed by atoms with Gasteiger partial charge in [0.2, 0.25) is 5.91 Å². The largest absolute Gasteiger partial charge is 0.369 e. The predicted molar refractivity (Wildman–Crippen MR) is 116 cm³/mol. The molecule has 1 aliphatic heterocycles. The van der Waals surface area contributed by atoms with Gasteiger partial charge in [-0.2, -0.15) is 0 Å². The van der Waals surface area contributed by atoms with Crippen LogP contribution in [0.1, 0.15) is 18.1 Å². The van der Waals surface area contributed by atoms with Gasteiger partial charge >= 0.3 is 0 Å². The molecule has 0 bridgehead atoms. The molecule has 1 amide bonds. The topological polar surface area (TPSA) is 78.7 Å². The van der Waals surface area contributed by atoms with Crippen LogP contribution in [0.4, 0.5) is 17.1 Å². The van der Waals surface area contributed by atoms with Gasteiger partial charge < -0.3 is 15.1 Å². The Morgan fingerprint density at radius 3 is 2.55 bits per heavy atom. The molecule has 29 heavy (non-hydrogen) atoms. The molecule has 1 saturated heterocycles. The minimum absolute atomic E-state index is 0.0275. The molecule has 0 atom stereocenters. The lowest BCUT2D eigenvalue weighted by Crippen LogP contribution is -2.46. The number of carbonyl (C=O) groups is 1. The van der Waals surface area contributed by atoms with Crippen molar-refractivity contribution in [2.75, 3.05) is 42.9 Å². The Labute approximate surface area is 170 Å². The van der Waals surface area contributed by atoms with E-state index in [0.717, 1.165) is 49.7 Å². The number of anilines is 2. The van der Waals surface area contributed by atoms with Gasteiger partial charge in [-0.15, -0.1) is 0 Å². The van der Waals surface area contributed by atoms with Crippen LogP contribution in [-0.4, -0.2) is 48.5 Å². The van der Waals surface area contributed by atoms with Crippen LogP contribution in [0.5, 0.6) is 0 Å². The summed E-state index contributed by atoms with van der Waals surface area (Å²) in [6.07, 6.45) is 2.78. The number of amides is 1. The highest BCUT2D eigenvalue weighted by Gasteiger charge is 2.16. The minimum Gasteiger partial charge on any atom is -0.369 e. The fourth-order valence-corrected chi connectivity index (χ4v) is 3.44. The van der Waals surface area contributed by atoms with Gasteiger partial charge in [0.25, 0.3) is 5.69 Å². The highest BCUT2D eigenvalue weighted by Crippen LogP contribution is 2.24. The van der Waals surface area contributed by atoms with Crippen LogP contribution in [0.3, 0.4) is 0 Å². The van der Waals surface area contributed by atoms with Gasteiger partial charge in [0.15, 0.2) is 0 Å². The number of hydrogen-bond acceptors (Lipinski definition) is 5. The number of likely N-dealkylation sites (N-methyl/N-ethyl adjacent to an activating group) is 1. The normalized spacial score (nSPS) is 14.9. The SMILES string of the molecule is CCN1CCN(c2ccc(NC(=O)/C=C/c3ccccc3[N+](=O)[O-])c(C)c2)CC1. The summed E-state index contributed by atoms with van der Waals surface area (Å²) >= 11 is 0. The molecule has 1 fully saturated rings. The van der Waals surface area contributed by atoms with Crippen LogP contribution < -0.4 is 10.2 Å². The lowest BCUT2D eigenvalue weighted by Gasteiger charge is -2.35. The van der Waals surface area contributed by atoms with Gasteiger partial charge in [0, 0.05) is 49.7 Å². The molecule has 1 aliphatic rings. The highest BCUT2D eigenvalue weighted by molar-refractivity contribution is 6.02. The lowest BCUT2D eigenvalue weighted by molar-refractivity contribution is -0.385. The number of benzene rings is 2. The first kappa shape index (κ1) is 20.5. The molecule has 0 unspecified atom stereocenters. The second kappa shape index (κ2) is 9.34. The number of para-hydroxylation sites is 1. The fourth-order valence-electron chi connectivity index (χ4n) is 3.44. The van der Waals surface area contributed by atoms with Crippen molar-refractivity contribution in [1.82, 2.24) is 4.90 Å². The summed E-state index contributed by atoms with van der Waals surface area (Å²) in [4.78, 5) is 27.7. The van der Waals surface area contributed by atoms with E-state index in [1.165, 1.54) is 18.2 Å². The zero-order chi connectivity index (χ0) is 20.8. The van der Waals surface area contributed by atoms with Gasteiger partial charge in [0.05, 0.1) is 10.5 Å². The van der Waals surface area contributed by atoms with Gasteiger partial charge in [0.1, 0.15) is 0 Å². The molecule has 3 rings (SSSR count). The third kappa shape index (κ3) is 5.20. The quantitative estimate of drug-likeness (QED) is 0.459. The van der Waals surface area contributed by atoms with Crippen LogP contribution in [0.25, 0.3) is 6.08 Å². The van der Waals surface area contributed by atoms with Crippen molar-refractivity contribution in [3.8, 4) is 0 Å². The lowest BCUT2D eigenvalue weighted by atomic mass is 10.1. The molecule has 0 aromatic heterocycles. The van der Waals surface area contributed by atoms with Crippen molar-refractivity contribution in [1.29, 1.82) is 0 Å². The minimum atomic E-state index is -0.458. The van der Waals surface area contributed by atoms with Crippen molar-refractivity contribution in [2.45, 2.75) is 13.8 Å². The summed E-state index contributed by atoms with van der Waals surface area (Å²) < 4.78 is 0. The molecule has 0 spiro atoms. The van der Waals surface area contributed by atoms with Crippen LogP contribution in [0.15, 0.2) is 48.5 Å². The maximum Gasteiger partial charge on any atom is 0.276 e. The van der Waals surface area contributed by atoms with E-state index in [0.29, 0.717) is 5.56 Å². The Bertz CT molecular complexity index is 918. The Morgan fingerprint density at radius 2 is 1.90 bits per heavy atom. The average molecular weight is 394 g/mol. The zero-order valence-corrected chi connectivity index (χ0v) is 16.8. The summed E-state index contributed by atoms with van der Waals surface area (Å²) in [5.41, 5.74) is 3.24. The second-order valence-electron chi connectivity index (χ2n) is 7.06. The first-order chi connectivity index (χ1) is 14.0. The van der Waals surface area contributed by atoms with Crippen molar-refractivity contribution in [3.05, 3.63) is 69.8 Å². The maximum atomic E-state index is 12.3. The summed E-state index contributed by atoms with van der Waals surface area (Å²) in [6, 6.07) is 12.4. The molecular formula is C22H26N4O3. The van der Waals surface area contributed by atoms with E-state index in [4.69, 9.17) is 0 Å². The Morgan fingerprint density at radius 1 is 1.17 bits per heavy atom. The number of carbonyl (C=O) groups excluding carboxylic acids is 1. The van der Waals surface area contributed by atoms with Gasteiger partial charge in [-0.25, -0.2) is 0 Å². The molecule has 0 radical (unpaired) electrons. The van der Waals surface area contributed by atoms with E-state index < -0.39 is 4.92 Å². The predicted octanol–water partition coefficient (Wildman–Crippen LogP) is 3.70. The summed E-state index contributed by atoms with van der Waals surface area (Å²) in [5, 5.41) is 13.9. The molecular weight excluding hydrogens is 368 g/mol. The van der Waals surface area contributed by atoms with Crippen molar-refractivity contribution in [3.63, 3.8) is 0 Å². The maximum absolute atomic E-state index is 12.3. The van der Waals surface area contributed by atoms with E-state index in [-0.39, 0.29) is 11.6 Å². The fraction of sp³-hybridized carbons (Fsp3) is 0.318.